The SMILES string of the molecule is CCc1nn(CC)c(CC(=O)c2ccoc2Cl)c1Cl. The number of nitrogens with zero attached hydrogens (tertiary/aromatic N) is 2. The zero-order chi connectivity index (χ0) is 14.0. The number of ketones is 1. The van der Waals surface area contributed by atoms with Gasteiger partial charge in [-0.25, -0.2) is 0 Å². The Morgan fingerprint density at radius 3 is 2.68 bits per heavy atom. The van der Waals surface area contributed by atoms with Gasteiger partial charge in [0.25, 0.3) is 0 Å². The second-order valence-electron chi connectivity index (χ2n) is 4.08. The summed E-state index contributed by atoms with van der Waals surface area (Å²) in [5, 5.41) is 5.06. The van der Waals surface area contributed by atoms with E-state index in [2.05, 4.69) is 5.10 Å². The molecule has 0 aliphatic carbocycles. The molecular formula is C13H14Cl2N2O2. The van der Waals surface area contributed by atoms with Crippen LogP contribution in [-0.2, 0) is 19.4 Å². The minimum Gasteiger partial charge on any atom is -0.452 e. The highest BCUT2D eigenvalue weighted by Gasteiger charge is 2.20. The van der Waals surface area contributed by atoms with E-state index in [1.54, 1.807) is 10.7 Å². The maximum absolute atomic E-state index is 12.2. The van der Waals surface area contributed by atoms with Crippen LogP contribution in [0, 0.1) is 0 Å². The molecule has 0 aliphatic heterocycles. The van der Waals surface area contributed by atoms with E-state index in [1.807, 2.05) is 13.8 Å². The number of halogens is 2. The molecule has 0 N–H and O–H groups in total. The van der Waals surface area contributed by atoms with E-state index in [9.17, 15) is 4.79 Å². The van der Waals surface area contributed by atoms with Gasteiger partial charge >= 0.3 is 0 Å². The predicted octanol–water partition coefficient (Wildman–Crippen LogP) is 3.79. The molecule has 4 nitrogen and oxygen atoms in total. The molecular weight excluding hydrogens is 287 g/mol. The van der Waals surface area contributed by atoms with Crippen LogP contribution in [0.2, 0.25) is 10.2 Å². The number of furan rings is 1. The Bertz CT molecular complexity index is 602. The Balaban J connectivity index is 2.31. The number of aromatic nitrogens is 2. The highest BCUT2D eigenvalue weighted by molar-refractivity contribution is 6.33. The molecule has 0 aliphatic rings. The van der Waals surface area contributed by atoms with Crippen LogP contribution in [0.1, 0.15) is 35.6 Å². The molecule has 0 bridgehead atoms. The molecule has 0 atom stereocenters. The molecule has 2 heterocycles. The Morgan fingerprint density at radius 1 is 1.42 bits per heavy atom. The lowest BCUT2D eigenvalue weighted by Crippen LogP contribution is -2.09. The van der Waals surface area contributed by atoms with Crippen LogP contribution in [0.3, 0.4) is 0 Å². The van der Waals surface area contributed by atoms with E-state index in [0.29, 0.717) is 17.1 Å². The van der Waals surface area contributed by atoms with Crippen molar-refractivity contribution in [2.45, 2.75) is 33.2 Å². The second kappa shape index (κ2) is 5.80. The zero-order valence-corrected chi connectivity index (χ0v) is 12.3. The van der Waals surface area contributed by atoms with Gasteiger partial charge in [0.1, 0.15) is 0 Å². The quantitative estimate of drug-likeness (QED) is 0.789. The number of Topliss-reactive ketones (excluding diaryl/α,β-unsaturated/α-hetero) is 1. The van der Waals surface area contributed by atoms with Gasteiger partial charge in [0, 0.05) is 6.54 Å². The topological polar surface area (TPSA) is 48.0 Å². The maximum Gasteiger partial charge on any atom is 0.203 e. The molecule has 19 heavy (non-hydrogen) atoms. The normalized spacial score (nSPS) is 10.9. The van der Waals surface area contributed by atoms with Crippen molar-refractivity contribution >= 4 is 29.0 Å². The molecule has 6 heteroatoms. The Morgan fingerprint density at radius 2 is 2.16 bits per heavy atom. The fourth-order valence-electron chi connectivity index (χ4n) is 1.93. The fraction of sp³-hybridized carbons (Fsp3) is 0.385. The summed E-state index contributed by atoms with van der Waals surface area (Å²) in [5.74, 6) is -0.127. The molecule has 2 aromatic heterocycles. The van der Waals surface area contributed by atoms with Crippen molar-refractivity contribution in [2.24, 2.45) is 0 Å². The summed E-state index contributed by atoms with van der Waals surface area (Å²) in [4.78, 5) is 12.2. The summed E-state index contributed by atoms with van der Waals surface area (Å²) < 4.78 is 6.68. The molecule has 0 saturated carbocycles. The van der Waals surface area contributed by atoms with Crippen LogP contribution in [0.4, 0.5) is 0 Å². The van der Waals surface area contributed by atoms with Crippen molar-refractivity contribution in [1.29, 1.82) is 0 Å². The monoisotopic (exact) mass is 300 g/mol. The number of aryl methyl sites for hydroxylation is 2. The minimum atomic E-state index is -0.127. The number of rotatable bonds is 5. The van der Waals surface area contributed by atoms with Gasteiger partial charge in [0.2, 0.25) is 5.22 Å². The van der Waals surface area contributed by atoms with Gasteiger partial charge in [0.15, 0.2) is 5.78 Å². The van der Waals surface area contributed by atoms with Gasteiger partial charge in [-0.1, -0.05) is 18.5 Å². The Kier molecular flexibility index (Phi) is 4.32. The molecule has 2 rings (SSSR count). The van der Waals surface area contributed by atoms with Crippen molar-refractivity contribution in [3.05, 3.63) is 39.5 Å². The van der Waals surface area contributed by atoms with Crippen molar-refractivity contribution in [3.8, 4) is 0 Å². The average molecular weight is 301 g/mol. The van der Waals surface area contributed by atoms with Crippen molar-refractivity contribution in [1.82, 2.24) is 9.78 Å². The average Bonchev–Trinajstić information content (AvgIpc) is 2.95. The van der Waals surface area contributed by atoms with E-state index in [1.165, 1.54) is 6.26 Å². The first kappa shape index (κ1) is 14.2. The van der Waals surface area contributed by atoms with Gasteiger partial charge in [-0.2, -0.15) is 5.10 Å². The summed E-state index contributed by atoms with van der Waals surface area (Å²) >= 11 is 12.1. The van der Waals surface area contributed by atoms with Gasteiger partial charge in [-0.3, -0.25) is 9.48 Å². The van der Waals surface area contributed by atoms with Crippen LogP contribution in [0.5, 0.6) is 0 Å². The summed E-state index contributed by atoms with van der Waals surface area (Å²) in [6.07, 6.45) is 2.30. The molecule has 0 spiro atoms. The van der Waals surface area contributed by atoms with E-state index >= 15 is 0 Å². The highest BCUT2D eigenvalue weighted by atomic mass is 35.5. The summed E-state index contributed by atoms with van der Waals surface area (Å²) in [7, 11) is 0. The first-order valence-corrected chi connectivity index (χ1v) is 6.84. The van der Waals surface area contributed by atoms with Gasteiger partial charge in [-0.15, -0.1) is 0 Å². The summed E-state index contributed by atoms with van der Waals surface area (Å²) in [6, 6.07) is 1.56. The van der Waals surface area contributed by atoms with E-state index < -0.39 is 0 Å². The fourth-order valence-corrected chi connectivity index (χ4v) is 2.48. The van der Waals surface area contributed by atoms with E-state index in [-0.39, 0.29) is 17.4 Å². The third-order valence-electron chi connectivity index (χ3n) is 2.94. The lowest BCUT2D eigenvalue weighted by atomic mass is 10.1. The highest BCUT2D eigenvalue weighted by Crippen LogP contribution is 2.25. The summed E-state index contributed by atoms with van der Waals surface area (Å²) in [6.45, 7) is 4.61. The van der Waals surface area contributed by atoms with Crippen LogP contribution >= 0.6 is 23.2 Å². The summed E-state index contributed by atoms with van der Waals surface area (Å²) in [5.41, 5.74) is 1.91. The first-order chi connectivity index (χ1) is 9.08. The Labute approximate surface area is 121 Å². The standard InChI is InChI=1S/C13H14Cl2N2O2/c1-3-9-12(14)10(17(4-2)16-9)7-11(18)8-5-6-19-13(8)15/h5-6H,3-4,7H2,1-2H3. The van der Waals surface area contributed by atoms with Gasteiger partial charge < -0.3 is 4.42 Å². The van der Waals surface area contributed by atoms with Crippen LogP contribution < -0.4 is 0 Å². The molecule has 0 radical (unpaired) electrons. The molecule has 102 valence electrons. The maximum atomic E-state index is 12.2. The van der Waals surface area contributed by atoms with Crippen molar-refractivity contribution < 1.29 is 9.21 Å². The first-order valence-electron chi connectivity index (χ1n) is 6.08. The number of hydrogen-bond donors (Lipinski definition) is 0. The smallest absolute Gasteiger partial charge is 0.203 e. The van der Waals surface area contributed by atoms with Crippen LogP contribution in [-0.4, -0.2) is 15.6 Å². The molecule has 0 aromatic carbocycles. The molecule has 0 unspecified atom stereocenters. The molecule has 0 saturated heterocycles. The minimum absolute atomic E-state index is 0.111. The van der Waals surface area contributed by atoms with E-state index in [0.717, 1.165) is 17.8 Å². The van der Waals surface area contributed by atoms with Crippen molar-refractivity contribution in [2.75, 3.05) is 0 Å². The lowest BCUT2D eigenvalue weighted by Gasteiger charge is -2.04. The molecule has 0 fully saturated rings. The Hall–Kier alpha value is -1.26. The van der Waals surface area contributed by atoms with E-state index in [4.69, 9.17) is 27.6 Å². The predicted molar refractivity (Wildman–Crippen MR) is 74.0 cm³/mol. The zero-order valence-electron chi connectivity index (χ0n) is 10.7. The number of hydrogen-bond acceptors (Lipinski definition) is 3. The molecule has 0 amide bonds. The number of carbonyl (C=O) groups is 1. The number of carbonyl (C=O) groups excluding carboxylic acids is 1. The van der Waals surface area contributed by atoms with Gasteiger partial charge in [-0.05, 0) is 31.0 Å². The lowest BCUT2D eigenvalue weighted by molar-refractivity contribution is 0.0990. The molecule has 2 aromatic rings. The van der Waals surface area contributed by atoms with Crippen molar-refractivity contribution in [3.63, 3.8) is 0 Å². The third kappa shape index (κ3) is 2.69. The van der Waals surface area contributed by atoms with Crippen LogP contribution in [0.25, 0.3) is 0 Å². The largest absolute Gasteiger partial charge is 0.452 e. The van der Waals surface area contributed by atoms with Crippen LogP contribution in [0.15, 0.2) is 16.7 Å². The van der Waals surface area contributed by atoms with Gasteiger partial charge in [0.05, 0.1) is 34.7 Å². The second-order valence-corrected chi connectivity index (χ2v) is 4.81. The third-order valence-corrected chi connectivity index (χ3v) is 3.67.